The first kappa shape index (κ1) is 8.00. The van der Waals surface area contributed by atoms with E-state index >= 15 is 0 Å². The lowest BCUT2D eigenvalue weighted by molar-refractivity contribution is -0.386. The lowest BCUT2D eigenvalue weighted by Gasteiger charge is -2.01. The standard InChI is InChI=1S/C8H7NO4/c10-9(11)6-3-1-2-4-7(6)13-8-5-12-8/h1-4,8H,5H2. The number of nitro benzene ring substituents is 1. The Morgan fingerprint density at radius 1 is 1.54 bits per heavy atom. The van der Waals surface area contributed by atoms with Crippen LogP contribution in [0.4, 0.5) is 5.69 Å². The molecule has 5 nitrogen and oxygen atoms in total. The molecule has 0 spiro atoms. The third-order valence-corrected chi connectivity index (χ3v) is 1.62. The number of hydrogen-bond acceptors (Lipinski definition) is 4. The van der Waals surface area contributed by atoms with Crippen LogP contribution in [0, 0.1) is 10.1 Å². The summed E-state index contributed by atoms with van der Waals surface area (Å²) in [6.45, 7) is 0.506. The lowest BCUT2D eigenvalue weighted by atomic mass is 10.3. The number of para-hydroxylation sites is 2. The van der Waals surface area contributed by atoms with Crippen molar-refractivity contribution in [2.45, 2.75) is 6.29 Å². The van der Waals surface area contributed by atoms with Crippen molar-refractivity contribution < 1.29 is 14.4 Å². The molecule has 2 rings (SSSR count). The molecule has 1 aliphatic rings. The van der Waals surface area contributed by atoms with Crippen molar-refractivity contribution in [1.82, 2.24) is 0 Å². The molecule has 0 aromatic heterocycles. The number of nitrogens with zero attached hydrogens (tertiary/aromatic N) is 1. The fourth-order valence-electron chi connectivity index (χ4n) is 0.957. The highest BCUT2D eigenvalue weighted by molar-refractivity contribution is 5.45. The summed E-state index contributed by atoms with van der Waals surface area (Å²) < 4.78 is 9.96. The van der Waals surface area contributed by atoms with Crippen LogP contribution < -0.4 is 4.74 Å². The van der Waals surface area contributed by atoms with Crippen molar-refractivity contribution in [3.8, 4) is 5.75 Å². The second-order valence-corrected chi connectivity index (χ2v) is 2.61. The normalized spacial score (nSPS) is 19.5. The number of hydrogen-bond donors (Lipinski definition) is 0. The van der Waals surface area contributed by atoms with Crippen LogP contribution in [-0.4, -0.2) is 17.8 Å². The quantitative estimate of drug-likeness (QED) is 0.401. The van der Waals surface area contributed by atoms with Gasteiger partial charge in [-0.15, -0.1) is 0 Å². The molecule has 0 bridgehead atoms. The topological polar surface area (TPSA) is 64.9 Å². The summed E-state index contributed by atoms with van der Waals surface area (Å²) in [4.78, 5) is 10.0. The Morgan fingerprint density at radius 2 is 2.23 bits per heavy atom. The number of rotatable bonds is 3. The Labute approximate surface area is 74.0 Å². The molecule has 1 aromatic rings. The van der Waals surface area contributed by atoms with E-state index in [9.17, 15) is 10.1 Å². The van der Waals surface area contributed by atoms with Crippen molar-refractivity contribution >= 4 is 5.69 Å². The van der Waals surface area contributed by atoms with Gasteiger partial charge in [0.15, 0.2) is 5.75 Å². The highest BCUT2D eigenvalue weighted by Crippen LogP contribution is 2.28. The average Bonchev–Trinajstić information content (AvgIpc) is 2.89. The summed E-state index contributed by atoms with van der Waals surface area (Å²) in [6, 6.07) is 6.24. The molecule has 1 saturated heterocycles. The minimum Gasteiger partial charge on any atom is -0.455 e. The van der Waals surface area contributed by atoms with Crippen LogP contribution in [0.5, 0.6) is 5.75 Å². The van der Waals surface area contributed by atoms with Gasteiger partial charge >= 0.3 is 5.69 Å². The van der Waals surface area contributed by atoms with Crippen LogP contribution in [0.25, 0.3) is 0 Å². The van der Waals surface area contributed by atoms with Gasteiger partial charge in [-0.2, -0.15) is 0 Å². The van der Waals surface area contributed by atoms with Gasteiger partial charge in [-0.25, -0.2) is 0 Å². The molecule has 1 atom stereocenters. The molecule has 1 aliphatic heterocycles. The number of nitro groups is 1. The molecule has 0 saturated carbocycles. The second kappa shape index (κ2) is 3.02. The van der Waals surface area contributed by atoms with Gasteiger partial charge in [-0.1, -0.05) is 12.1 Å². The van der Waals surface area contributed by atoms with Gasteiger partial charge in [0.05, 0.1) is 4.92 Å². The van der Waals surface area contributed by atoms with E-state index in [1.807, 2.05) is 0 Å². The van der Waals surface area contributed by atoms with Crippen LogP contribution >= 0.6 is 0 Å². The zero-order valence-corrected chi connectivity index (χ0v) is 6.67. The van der Waals surface area contributed by atoms with Crippen molar-refractivity contribution in [3.05, 3.63) is 34.4 Å². The minimum absolute atomic E-state index is 0.0296. The maximum absolute atomic E-state index is 10.5. The summed E-state index contributed by atoms with van der Waals surface area (Å²) in [7, 11) is 0. The molecular formula is C8H7NO4. The third kappa shape index (κ3) is 1.75. The van der Waals surface area contributed by atoms with Crippen molar-refractivity contribution in [2.24, 2.45) is 0 Å². The largest absolute Gasteiger partial charge is 0.455 e. The first-order chi connectivity index (χ1) is 6.27. The molecule has 5 heteroatoms. The summed E-state index contributed by atoms with van der Waals surface area (Å²) in [5.74, 6) is 0.259. The van der Waals surface area contributed by atoms with E-state index < -0.39 is 4.92 Å². The van der Waals surface area contributed by atoms with Crippen LogP contribution in [-0.2, 0) is 4.74 Å². The Balaban J connectivity index is 2.25. The van der Waals surface area contributed by atoms with Crippen molar-refractivity contribution in [1.29, 1.82) is 0 Å². The van der Waals surface area contributed by atoms with Gasteiger partial charge in [-0.05, 0) is 6.07 Å². The Hall–Kier alpha value is -1.62. The molecule has 1 aromatic carbocycles. The SMILES string of the molecule is O=[N+]([O-])c1ccccc1OC1CO1. The molecule has 0 radical (unpaired) electrons. The highest BCUT2D eigenvalue weighted by atomic mass is 16.8. The van der Waals surface area contributed by atoms with Crippen LogP contribution in [0.2, 0.25) is 0 Å². The number of ether oxygens (including phenoxy) is 2. The fourth-order valence-corrected chi connectivity index (χ4v) is 0.957. The van der Waals surface area contributed by atoms with E-state index in [1.165, 1.54) is 6.07 Å². The summed E-state index contributed by atoms with van der Waals surface area (Å²) >= 11 is 0. The Morgan fingerprint density at radius 3 is 2.85 bits per heavy atom. The smallest absolute Gasteiger partial charge is 0.311 e. The van der Waals surface area contributed by atoms with E-state index in [0.717, 1.165) is 0 Å². The first-order valence-electron chi connectivity index (χ1n) is 3.79. The molecule has 13 heavy (non-hydrogen) atoms. The van der Waals surface area contributed by atoms with Crippen LogP contribution in [0.15, 0.2) is 24.3 Å². The Kier molecular flexibility index (Phi) is 1.86. The van der Waals surface area contributed by atoms with Gasteiger partial charge in [0.2, 0.25) is 6.29 Å². The molecular weight excluding hydrogens is 174 g/mol. The number of benzene rings is 1. The highest BCUT2D eigenvalue weighted by Gasteiger charge is 2.27. The maximum atomic E-state index is 10.5. The van der Waals surface area contributed by atoms with Gasteiger partial charge in [0.25, 0.3) is 0 Å². The van der Waals surface area contributed by atoms with E-state index in [-0.39, 0.29) is 17.7 Å². The predicted octanol–water partition coefficient (Wildman–Crippen LogP) is 1.33. The molecule has 0 N–H and O–H groups in total. The molecule has 0 aliphatic carbocycles. The number of epoxide rings is 1. The second-order valence-electron chi connectivity index (χ2n) is 2.61. The maximum Gasteiger partial charge on any atom is 0.311 e. The van der Waals surface area contributed by atoms with Gasteiger partial charge in [0, 0.05) is 6.07 Å². The summed E-state index contributed by atoms with van der Waals surface area (Å²) in [5.41, 5.74) is -0.0296. The lowest BCUT2D eigenvalue weighted by Crippen LogP contribution is -2.00. The van der Waals surface area contributed by atoms with Gasteiger partial charge in [0.1, 0.15) is 6.61 Å². The van der Waals surface area contributed by atoms with E-state index in [0.29, 0.717) is 6.61 Å². The molecule has 68 valence electrons. The first-order valence-corrected chi connectivity index (χ1v) is 3.79. The van der Waals surface area contributed by atoms with Crippen LogP contribution in [0.3, 0.4) is 0 Å². The monoisotopic (exact) mass is 181 g/mol. The molecule has 1 fully saturated rings. The zero-order chi connectivity index (χ0) is 9.26. The predicted molar refractivity (Wildman–Crippen MR) is 43.5 cm³/mol. The van der Waals surface area contributed by atoms with E-state index in [1.54, 1.807) is 18.2 Å². The summed E-state index contributed by atoms with van der Waals surface area (Å²) in [6.07, 6.45) is -0.305. The Bertz CT molecular complexity index is 335. The molecule has 1 heterocycles. The van der Waals surface area contributed by atoms with Gasteiger partial charge < -0.3 is 9.47 Å². The van der Waals surface area contributed by atoms with E-state index in [2.05, 4.69) is 0 Å². The minimum atomic E-state index is -0.474. The molecule has 1 unspecified atom stereocenters. The third-order valence-electron chi connectivity index (χ3n) is 1.62. The average molecular weight is 181 g/mol. The van der Waals surface area contributed by atoms with E-state index in [4.69, 9.17) is 9.47 Å². The van der Waals surface area contributed by atoms with Gasteiger partial charge in [-0.3, -0.25) is 10.1 Å². The molecule has 0 amide bonds. The summed E-state index contributed by atoms with van der Waals surface area (Å²) in [5, 5.41) is 10.5. The fraction of sp³-hybridized carbons (Fsp3) is 0.250. The van der Waals surface area contributed by atoms with Crippen molar-refractivity contribution in [3.63, 3.8) is 0 Å². The van der Waals surface area contributed by atoms with Crippen LogP contribution in [0.1, 0.15) is 0 Å². The zero-order valence-electron chi connectivity index (χ0n) is 6.67. The van der Waals surface area contributed by atoms with Crippen molar-refractivity contribution in [2.75, 3.05) is 6.61 Å².